The zero-order valence-corrected chi connectivity index (χ0v) is 12.3. The summed E-state index contributed by atoms with van der Waals surface area (Å²) in [6.45, 7) is 6.91. The van der Waals surface area contributed by atoms with Crippen molar-refractivity contribution < 1.29 is 14.3 Å². The molecule has 0 bridgehead atoms. The fraction of sp³-hybridized carbons (Fsp3) is 0.500. The second-order valence-corrected chi connectivity index (χ2v) is 6.55. The van der Waals surface area contributed by atoms with Gasteiger partial charge in [0.25, 0.3) is 5.91 Å². The molecule has 1 N–H and O–H groups in total. The third kappa shape index (κ3) is 4.66. The third-order valence-corrected chi connectivity index (χ3v) is 3.13. The predicted molar refractivity (Wildman–Crippen MR) is 72.1 cm³/mol. The van der Waals surface area contributed by atoms with Gasteiger partial charge in [-0.15, -0.1) is 11.3 Å². The fourth-order valence-electron chi connectivity index (χ4n) is 1.15. The molecule has 1 amide bonds. The quantitative estimate of drug-likeness (QED) is 0.871. The Labute approximate surface area is 115 Å². The maximum atomic E-state index is 11.8. The van der Waals surface area contributed by atoms with E-state index < -0.39 is 17.6 Å². The van der Waals surface area contributed by atoms with E-state index in [2.05, 4.69) is 5.32 Å². The molecule has 0 radical (unpaired) electrons. The van der Waals surface area contributed by atoms with Crippen LogP contribution >= 0.6 is 22.9 Å². The lowest BCUT2D eigenvalue weighted by molar-refractivity contribution is -0.156. The summed E-state index contributed by atoms with van der Waals surface area (Å²) >= 11 is 6.90. The van der Waals surface area contributed by atoms with Gasteiger partial charge in [0.1, 0.15) is 11.6 Å². The summed E-state index contributed by atoms with van der Waals surface area (Å²) in [7, 11) is 0. The normalized spacial score (nSPS) is 12.9. The lowest BCUT2D eigenvalue weighted by atomic mass is 10.2. The van der Waals surface area contributed by atoms with Crippen molar-refractivity contribution in [3.05, 3.63) is 21.3 Å². The Bertz CT molecular complexity index is 450. The molecule has 1 aromatic heterocycles. The second kappa shape index (κ2) is 5.71. The molecule has 4 nitrogen and oxygen atoms in total. The average Bonchev–Trinajstić information content (AvgIpc) is 2.62. The van der Waals surface area contributed by atoms with Gasteiger partial charge in [0, 0.05) is 0 Å². The van der Waals surface area contributed by atoms with Crippen LogP contribution in [0.4, 0.5) is 0 Å². The highest BCUT2D eigenvalue weighted by Crippen LogP contribution is 2.21. The number of hydrogen-bond acceptors (Lipinski definition) is 4. The first kappa shape index (κ1) is 15.0. The molecule has 0 aromatic carbocycles. The molecule has 0 fully saturated rings. The van der Waals surface area contributed by atoms with Crippen LogP contribution in [0.2, 0.25) is 4.34 Å². The molecular formula is C12H16ClNO3S. The summed E-state index contributed by atoms with van der Waals surface area (Å²) in [5, 5.41) is 2.57. The first-order valence-electron chi connectivity index (χ1n) is 5.48. The number of thiophene rings is 1. The number of nitrogens with one attached hydrogen (secondary N) is 1. The van der Waals surface area contributed by atoms with Gasteiger partial charge in [-0.05, 0) is 39.8 Å². The summed E-state index contributed by atoms with van der Waals surface area (Å²) in [4.78, 5) is 23.9. The zero-order chi connectivity index (χ0) is 13.9. The van der Waals surface area contributed by atoms with Crippen LogP contribution in [0.25, 0.3) is 0 Å². The Morgan fingerprint density at radius 1 is 1.39 bits per heavy atom. The van der Waals surface area contributed by atoms with Crippen LogP contribution in [0.1, 0.15) is 37.4 Å². The SMILES string of the molecule is C[C@H](NC(=O)c1ccc(Cl)s1)C(=O)OC(C)(C)C. The first-order valence-corrected chi connectivity index (χ1v) is 6.67. The van der Waals surface area contributed by atoms with E-state index in [1.54, 1.807) is 39.8 Å². The van der Waals surface area contributed by atoms with Crippen molar-refractivity contribution in [1.82, 2.24) is 5.32 Å². The van der Waals surface area contributed by atoms with Crippen molar-refractivity contribution in [3.63, 3.8) is 0 Å². The van der Waals surface area contributed by atoms with Gasteiger partial charge in [-0.1, -0.05) is 11.6 Å². The number of carbonyl (C=O) groups is 2. The first-order chi connectivity index (χ1) is 8.19. The van der Waals surface area contributed by atoms with E-state index in [4.69, 9.17) is 16.3 Å². The minimum absolute atomic E-state index is 0.328. The number of amides is 1. The van der Waals surface area contributed by atoms with Gasteiger partial charge in [0.15, 0.2) is 0 Å². The van der Waals surface area contributed by atoms with Crippen LogP contribution in [0.15, 0.2) is 12.1 Å². The van der Waals surface area contributed by atoms with Gasteiger partial charge >= 0.3 is 5.97 Å². The summed E-state index contributed by atoms with van der Waals surface area (Å²) in [6.07, 6.45) is 0. The summed E-state index contributed by atoms with van der Waals surface area (Å²) in [5.41, 5.74) is -0.567. The van der Waals surface area contributed by atoms with Crippen LogP contribution < -0.4 is 5.32 Å². The van der Waals surface area contributed by atoms with Crippen LogP contribution in [-0.4, -0.2) is 23.5 Å². The molecule has 1 aromatic rings. The van der Waals surface area contributed by atoms with E-state index in [1.165, 1.54) is 0 Å². The molecule has 0 spiro atoms. The predicted octanol–water partition coefficient (Wildman–Crippen LogP) is 2.86. The van der Waals surface area contributed by atoms with E-state index in [1.807, 2.05) is 0 Å². The summed E-state index contributed by atoms with van der Waals surface area (Å²) in [6, 6.07) is 2.56. The van der Waals surface area contributed by atoms with Gasteiger partial charge in [-0.3, -0.25) is 4.79 Å². The highest BCUT2D eigenvalue weighted by atomic mass is 35.5. The Hall–Kier alpha value is -1.07. The van der Waals surface area contributed by atoms with Gasteiger partial charge < -0.3 is 10.1 Å². The molecule has 6 heteroatoms. The molecular weight excluding hydrogens is 274 g/mol. The highest BCUT2D eigenvalue weighted by molar-refractivity contribution is 7.18. The van der Waals surface area contributed by atoms with E-state index in [-0.39, 0.29) is 5.91 Å². The van der Waals surface area contributed by atoms with Crippen LogP contribution in [0.3, 0.4) is 0 Å². The molecule has 0 aliphatic carbocycles. The molecule has 0 aliphatic rings. The van der Waals surface area contributed by atoms with E-state index >= 15 is 0 Å². The Kier molecular flexibility index (Phi) is 4.76. The number of esters is 1. The van der Waals surface area contributed by atoms with Gasteiger partial charge in [-0.25, -0.2) is 4.79 Å². The number of ether oxygens (including phenoxy) is 1. The maximum absolute atomic E-state index is 11.8. The van der Waals surface area contributed by atoms with E-state index in [0.29, 0.717) is 9.21 Å². The Balaban J connectivity index is 2.57. The number of carbonyl (C=O) groups excluding carboxylic acids is 2. The van der Waals surface area contributed by atoms with Crippen LogP contribution in [0.5, 0.6) is 0 Å². The molecule has 1 heterocycles. The van der Waals surface area contributed by atoms with E-state index in [9.17, 15) is 9.59 Å². The zero-order valence-electron chi connectivity index (χ0n) is 10.7. The molecule has 0 aliphatic heterocycles. The van der Waals surface area contributed by atoms with Crippen LogP contribution in [-0.2, 0) is 9.53 Å². The summed E-state index contributed by atoms with van der Waals surface area (Å²) in [5.74, 6) is -0.788. The van der Waals surface area contributed by atoms with Crippen molar-refractivity contribution in [2.24, 2.45) is 0 Å². The van der Waals surface area contributed by atoms with Crippen molar-refractivity contribution in [2.45, 2.75) is 39.3 Å². The smallest absolute Gasteiger partial charge is 0.328 e. The number of halogens is 1. The fourth-order valence-corrected chi connectivity index (χ4v) is 2.10. The number of rotatable bonds is 3. The average molecular weight is 290 g/mol. The molecule has 1 atom stereocenters. The molecule has 1 rings (SSSR count). The van der Waals surface area contributed by atoms with Crippen molar-refractivity contribution in [1.29, 1.82) is 0 Å². The van der Waals surface area contributed by atoms with Crippen molar-refractivity contribution >= 4 is 34.8 Å². The Morgan fingerprint density at radius 2 is 2.00 bits per heavy atom. The molecule has 0 saturated heterocycles. The second-order valence-electron chi connectivity index (χ2n) is 4.83. The lowest BCUT2D eigenvalue weighted by Crippen LogP contribution is -2.41. The molecule has 100 valence electrons. The molecule has 18 heavy (non-hydrogen) atoms. The minimum atomic E-state index is -0.697. The molecule has 0 saturated carbocycles. The van der Waals surface area contributed by atoms with Crippen LogP contribution in [0, 0.1) is 0 Å². The number of hydrogen-bond donors (Lipinski definition) is 1. The third-order valence-electron chi connectivity index (χ3n) is 1.90. The summed E-state index contributed by atoms with van der Waals surface area (Å²) < 4.78 is 5.70. The van der Waals surface area contributed by atoms with E-state index in [0.717, 1.165) is 11.3 Å². The monoisotopic (exact) mass is 289 g/mol. The van der Waals surface area contributed by atoms with Gasteiger partial charge in [-0.2, -0.15) is 0 Å². The Morgan fingerprint density at radius 3 is 2.44 bits per heavy atom. The lowest BCUT2D eigenvalue weighted by Gasteiger charge is -2.22. The largest absolute Gasteiger partial charge is 0.458 e. The van der Waals surface area contributed by atoms with Crippen molar-refractivity contribution in [2.75, 3.05) is 0 Å². The standard InChI is InChI=1S/C12H16ClNO3S/c1-7(11(16)17-12(2,3)4)14-10(15)8-5-6-9(13)18-8/h5-7H,1-4H3,(H,14,15)/t7-/m0/s1. The topological polar surface area (TPSA) is 55.4 Å². The molecule has 0 unspecified atom stereocenters. The highest BCUT2D eigenvalue weighted by Gasteiger charge is 2.23. The maximum Gasteiger partial charge on any atom is 0.328 e. The van der Waals surface area contributed by atoms with Crippen molar-refractivity contribution in [3.8, 4) is 0 Å². The minimum Gasteiger partial charge on any atom is -0.458 e. The van der Waals surface area contributed by atoms with Gasteiger partial charge in [0.05, 0.1) is 9.21 Å². The van der Waals surface area contributed by atoms with Gasteiger partial charge in [0.2, 0.25) is 0 Å².